The number of allylic oxidation sites excluding steroid dienone is 2. The molecule has 0 N–H and O–H groups in total. The van der Waals surface area contributed by atoms with Gasteiger partial charge in [-0.05, 0) is 131 Å². The molecule has 4 nitrogen and oxygen atoms in total. The number of thiophene rings is 2. The molecule has 0 saturated carbocycles. The number of hydrogen-bond acceptors (Lipinski definition) is 6. The van der Waals surface area contributed by atoms with Crippen molar-refractivity contribution >= 4 is 80.1 Å². The van der Waals surface area contributed by atoms with Crippen LogP contribution in [0.25, 0.3) is 44.2 Å². The van der Waals surface area contributed by atoms with Gasteiger partial charge in [-0.2, -0.15) is 10.5 Å². The summed E-state index contributed by atoms with van der Waals surface area (Å²) in [5.41, 5.74) is 11.5. The van der Waals surface area contributed by atoms with E-state index in [1.807, 2.05) is 60.7 Å². The Bertz CT molecular complexity index is 2760. The Morgan fingerprint density at radius 2 is 0.629 bits per heavy atom. The number of hydrogen-bond donors (Lipinski definition) is 0. The highest BCUT2D eigenvalue weighted by atomic mass is 32.1. The number of nitrogens with zero attached hydrogens (tertiary/aromatic N) is 4. The van der Waals surface area contributed by atoms with Gasteiger partial charge < -0.3 is 9.80 Å². The van der Waals surface area contributed by atoms with E-state index in [0.717, 1.165) is 75.9 Å². The second-order valence-corrected chi connectivity index (χ2v) is 16.7. The third-order valence-electron chi connectivity index (χ3n) is 10.5. The molecule has 294 valence electrons. The summed E-state index contributed by atoms with van der Waals surface area (Å²) in [5.74, 6) is 0. The zero-order valence-electron chi connectivity index (χ0n) is 33.5. The fraction of sp³-hybridized carbons (Fsp3) is 0. The maximum Gasteiger partial charge on any atom is 0.0998 e. The summed E-state index contributed by atoms with van der Waals surface area (Å²) in [7, 11) is 0. The van der Waals surface area contributed by atoms with Crippen molar-refractivity contribution in [1.82, 2.24) is 0 Å². The van der Waals surface area contributed by atoms with Crippen LogP contribution < -0.4 is 9.80 Å². The summed E-state index contributed by atoms with van der Waals surface area (Å²) in [6.07, 6.45) is 3.87. The Morgan fingerprint density at radius 1 is 0.339 bits per heavy atom. The van der Waals surface area contributed by atoms with Crippen molar-refractivity contribution in [3.8, 4) is 33.0 Å². The van der Waals surface area contributed by atoms with Crippen LogP contribution in [0.2, 0.25) is 0 Å². The summed E-state index contributed by atoms with van der Waals surface area (Å²) in [4.78, 5) is 8.72. The number of rotatable bonds is 12. The van der Waals surface area contributed by atoms with Crippen LogP contribution in [-0.4, -0.2) is 0 Å². The van der Waals surface area contributed by atoms with Crippen molar-refractivity contribution in [2.45, 2.75) is 0 Å². The van der Waals surface area contributed by atoms with Gasteiger partial charge in [0.05, 0.1) is 23.3 Å². The molecule has 0 unspecified atom stereocenters. The standard InChI is InChI=1S/C56H38N4S2/c57-39-45(37-53-33-35-55(61-53)43-25-29-51(30-26-43)59(47-13-5-1-6-14-47)48-15-7-2-8-16-48)41-21-23-42(24-22-41)46(40-58)38-54-34-36-56(62-54)44-27-31-52(32-28-44)60(49-17-9-3-10-18-49)50-19-11-4-12-20-50/h1-38H/b45-37+,46-38+. The van der Waals surface area contributed by atoms with Gasteiger partial charge in [0.25, 0.3) is 0 Å². The zero-order valence-corrected chi connectivity index (χ0v) is 35.2. The molecule has 0 aliphatic heterocycles. The molecule has 0 saturated heterocycles. The lowest BCUT2D eigenvalue weighted by atomic mass is 10.0. The predicted molar refractivity (Wildman–Crippen MR) is 262 cm³/mol. The van der Waals surface area contributed by atoms with Crippen molar-refractivity contribution in [2.75, 3.05) is 9.80 Å². The summed E-state index contributed by atoms with van der Waals surface area (Å²) < 4.78 is 0. The lowest BCUT2D eigenvalue weighted by molar-refractivity contribution is 1.28. The quantitative estimate of drug-likeness (QED) is 0.115. The molecular formula is C56H38N4S2. The van der Waals surface area contributed by atoms with Crippen LogP contribution in [0.15, 0.2) is 218 Å². The van der Waals surface area contributed by atoms with Gasteiger partial charge in [0.15, 0.2) is 0 Å². The second-order valence-electron chi connectivity index (χ2n) is 14.4. The van der Waals surface area contributed by atoms with E-state index in [9.17, 15) is 10.5 Å². The third-order valence-corrected chi connectivity index (χ3v) is 12.6. The molecule has 0 aliphatic carbocycles. The van der Waals surface area contributed by atoms with Crippen LogP contribution in [0.1, 0.15) is 20.9 Å². The summed E-state index contributed by atoms with van der Waals surface area (Å²) >= 11 is 3.30. The first-order valence-electron chi connectivity index (χ1n) is 20.2. The lowest BCUT2D eigenvalue weighted by Gasteiger charge is -2.25. The highest BCUT2D eigenvalue weighted by Crippen LogP contribution is 2.39. The Kier molecular flexibility index (Phi) is 11.8. The van der Waals surface area contributed by atoms with Crippen LogP contribution in [0, 0.1) is 22.7 Å². The van der Waals surface area contributed by atoms with Crippen LogP contribution in [-0.2, 0) is 0 Å². The van der Waals surface area contributed by atoms with Gasteiger partial charge in [-0.15, -0.1) is 22.7 Å². The van der Waals surface area contributed by atoms with E-state index in [0.29, 0.717) is 11.1 Å². The van der Waals surface area contributed by atoms with Gasteiger partial charge in [0.2, 0.25) is 0 Å². The van der Waals surface area contributed by atoms with Crippen molar-refractivity contribution < 1.29 is 0 Å². The molecule has 0 aliphatic rings. The average Bonchev–Trinajstić information content (AvgIpc) is 4.02. The fourth-order valence-electron chi connectivity index (χ4n) is 7.40. The molecule has 2 aromatic heterocycles. The Balaban J connectivity index is 0.890. The molecular weight excluding hydrogens is 793 g/mol. The van der Waals surface area contributed by atoms with E-state index >= 15 is 0 Å². The van der Waals surface area contributed by atoms with E-state index in [1.54, 1.807) is 22.7 Å². The highest BCUT2D eigenvalue weighted by Gasteiger charge is 2.15. The minimum atomic E-state index is 0.564. The SMILES string of the molecule is N#C/C(=C\c1ccc(-c2ccc(N(c3ccccc3)c3ccccc3)cc2)s1)c1ccc(/C(C#N)=C/c2ccc(-c3ccc(N(c4ccccc4)c4ccccc4)cc3)s2)cc1. The van der Waals surface area contributed by atoms with Gasteiger partial charge in [0.1, 0.15) is 0 Å². The average molecular weight is 831 g/mol. The normalized spacial score (nSPS) is 11.4. The zero-order chi connectivity index (χ0) is 42.1. The van der Waals surface area contributed by atoms with Crippen LogP contribution in [0.4, 0.5) is 34.1 Å². The number of benzene rings is 7. The first-order chi connectivity index (χ1) is 30.6. The molecule has 0 amide bonds. The van der Waals surface area contributed by atoms with E-state index < -0.39 is 0 Å². The molecule has 62 heavy (non-hydrogen) atoms. The topological polar surface area (TPSA) is 54.1 Å². The molecule has 2 heterocycles. The predicted octanol–water partition coefficient (Wildman–Crippen LogP) is 16.2. The van der Waals surface area contributed by atoms with Crippen molar-refractivity contribution in [2.24, 2.45) is 0 Å². The summed E-state index contributed by atoms with van der Waals surface area (Å²) in [6.45, 7) is 0. The summed E-state index contributed by atoms with van der Waals surface area (Å²) in [6, 6.07) is 79.5. The minimum Gasteiger partial charge on any atom is -0.311 e. The molecule has 7 aromatic carbocycles. The second kappa shape index (κ2) is 18.5. The smallest absolute Gasteiger partial charge is 0.0998 e. The molecule has 9 rings (SSSR count). The third kappa shape index (κ3) is 8.80. The van der Waals surface area contributed by atoms with E-state index in [2.05, 4.69) is 192 Å². The molecule has 6 heteroatoms. The molecule has 0 fully saturated rings. The summed E-state index contributed by atoms with van der Waals surface area (Å²) in [5, 5.41) is 20.4. The molecule has 0 spiro atoms. The van der Waals surface area contributed by atoms with Crippen LogP contribution in [0.5, 0.6) is 0 Å². The van der Waals surface area contributed by atoms with Crippen molar-refractivity contribution in [3.63, 3.8) is 0 Å². The Morgan fingerprint density at radius 3 is 0.919 bits per heavy atom. The Labute approximate surface area is 370 Å². The number of nitriles is 2. The van der Waals surface area contributed by atoms with Gasteiger partial charge in [-0.1, -0.05) is 121 Å². The number of para-hydroxylation sites is 4. The monoisotopic (exact) mass is 830 g/mol. The first kappa shape index (κ1) is 39.5. The van der Waals surface area contributed by atoms with Crippen molar-refractivity contribution in [1.29, 1.82) is 10.5 Å². The fourth-order valence-corrected chi connectivity index (χ4v) is 9.31. The van der Waals surface area contributed by atoms with Gasteiger partial charge in [0, 0.05) is 53.6 Å². The minimum absolute atomic E-state index is 0.564. The molecule has 0 bridgehead atoms. The lowest BCUT2D eigenvalue weighted by Crippen LogP contribution is -2.09. The maximum absolute atomic E-state index is 10.2. The highest BCUT2D eigenvalue weighted by molar-refractivity contribution is 7.16. The molecule has 9 aromatic rings. The maximum atomic E-state index is 10.2. The van der Waals surface area contributed by atoms with E-state index in [4.69, 9.17) is 0 Å². The van der Waals surface area contributed by atoms with E-state index in [-0.39, 0.29) is 0 Å². The number of anilines is 6. The molecule has 0 atom stereocenters. The Hall–Kier alpha value is -8.00. The van der Waals surface area contributed by atoms with Crippen LogP contribution >= 0.6 is 22.7 Å². The molecule has 0 radical (unpaired) electrons. The van der Waals surface area contributed by atoms with Gasteiger partial charge >= 0.3 is 0 Å². The van der Waals surface area contributed by atoms with Crippen molar-refractivity contribution in [3.05, 3.63) is 239 Å². The van der Waals surface area contributed by atoms with Gasteiger partial charge in [-0.25, -0.2) is 0 Å². The largest absolute Gasteiger partial charge is 0.311 e. The van der Waals surface area contributed by atoms with Gasteiger partial charge in [-0.3, -0.25) is 0 Å². The first-order valence-corrected chi connectivity index (χ1v) is 21.8. The van der Waals surface area contributed by atoms with E-state index in [1.165, 1.54) is 0 Å². The van der Waals surface area contributed by atoms with Crippen LogP contribution in [0.3, 0.4) is 0 Å².